The molecule has 6 heteroatoms. The summed E-state index contributed by atoms with van der Waals surface area (Å²) >= 11 is 6.24. The number of anilines is 1. The van der Waals surface area contributed by atoms with Crippen molar-refractivity contribution in [3.8, 4) is 6.07 Å². The van der Waals surface area contributed by atoms with Gasteiger partial charge in [-0.1, -0.05) is 11.6 Å². The molecule has 0 bridgehead atoms. The van der Waals surface area contributed by atoms with Gasteiger partial charge in [-0.3, -0.25) is 4.79 Å². The summed E-state index contributed by atoms with van der Waals surface area (Å²) in [5.74, 6) is 0.341. The summed E-state index contributed by atoms with van der Waals surface area (Å²) in [6.07, 6.45) is 4.86. The van der Waals surface area contributed by atoms with Crippen molar-refractivity contribution in [2.45, 2.75) is 31.7 Å². The molecule has 1 aliphatic rings. The van der Waals surface area contributed by atoms with Crippen molar-refractivity contribution in [2.24, 2.45) is 0 Å². The van der Waals surface area contributed by atoms with Crippen molar-refractivity contribution in [3.05, 3.63) is 22.8 Å². The summed E-state index contributed by atoms with van der Waals surface area (Å²) in [6.45, 7) is 0.781. The zero-order valence-electron chi connectivity index (χ0n) is 11.3. The molecule has 1 unspecified atom stereocenters. The number of hydrogen-bond acceptors (Lipinski definition) is 5. The Bertz CT molecular complexity index is 542. The van der Waals surface area contributed by atoms with E-state index in [1.54, 1.807) is 12.3 Å². The fourth-order valence-corrected chi connectivity index (χ4v) is 2.75. The van der Waals surface area contributed by atoms with E-state index in [-0.39, 0.29) is 12.0 Å². The molecule has 0 aliphatic carbocycles. The van der Waals surface area contributed by atoms with Gasteiger partial charge in [0, 0.05) is 18.8 Å². The Labute approximate surface area is 123 Å². The molecule has 1 atom stereocenters. The Morgan fingerprint density at radius 1 is 1.65 bits per heavy atom. The molecule has 0 aromatic carbocycles. The van der Waals surface area contributed by atoms with Crippen molar-refractivity contribution in [1.82, 2.24) is 4.98 Å². The van der Waals surface area contributed by atoms with Crippen LogP contribution < -0.4 is 4.90 Å². The van der Waals surface area contributed by atoms with Crippen molar-refractivity contribution in [1.29, 1.82) is 5.26 Å². The van der Waals surface area contributed by atoms with Crippen LogP contribution in [0.25, 0.3) is 0 Å². The highest BCUT2D eigenvalue weighted by molar-refractivity contribution is 6.34. The molecule has 5 nitrogen and oxygen atoms in total. The van der Waals surface area contributed by atoms with Crippen molar-refractivity contribution in [2.75, 3.05) is 18.6 Å². The second-order valence-corrected chi connectivity index (χ2v) is 5.11. The van der Waals surface area contributed by atoms with Gasteiger partial charge in [0.25, 0.3) is 0 Å². The number of carbonyl (C=O) groups excluding carboxylic acids is 1. The molecule has 1 aromatic rings. The minimum absolute atomic E-state index is 0.0233. The Morgan fingerprint density at radius 3 is 3.15 bits per heavy atom. The van der Waals surface area contributed by atoms with Crippen LogP contribution in [-0.4, -0.2) is 30.6 Å². The molecule has 2 heterocycles. The molecule has 0 spiro atoms. The van der Waals surface area contributed by atoms with E-state index >= 15 is 0 Å². The van der Waals surface area contributed by atoms with Crippen molar-refractivity contribution >= 4 is 23.4 Å². The molecule has 20 heavy (non-hydrogen) atoms. The highest BCUT2D eigenvalue weighted by Crippen LogP contribution is 2.32. The fourth-order valence-electron chi connectivity index (χ4n) is 2.49. The van der Waals surface area contributed by atoms with Crippen LogP contribution in [0, 0.1) is 11.3 Å². The van der Waals surface area contributed by atoms with Gasteiger partial charge in [-0.15, -0.1) is 0 Å². The maximum atomic E-state index is 11.5. The number of esters is 1. The van der Waals surface area contributed by atoms with E-state index in [2.05, 4.69) is 11.1 Å². The molecule has 2 rings (SSSR count). The van der Waals surface area contributed by atoms with Crippen LogP contribution >= 0.6 is 11.6 Å². The number of halogens is 1. The molecule has 1 aliphatic heterocycles. The highest BCUT2D eigenvalue weighted by Gasteiger charge is 2.28. The maximum absolute atomic E-state index is 11.5. The number of nitriles is 1. The standard InChI is InChI=1S/C14H16ClN3O2/c1-20-12(19)8-11-4-2-3-7-18(11)14-13(15)10(9-16)5-6-17-14/h5-6,11H,2-4,7-8H2,1H3. The maximum Gasteiger partial charge on any atom is 0.307 e. The van der Waals surface area contributed by atoms with Gasteiger partial charge in [0.1, 0.15) is 16.9 Å². The van der Waals surface area contributed by atoms with Crippen molar-refractivity contribution in [3.63, 3.8) is 0 Å². The average Bonchev–Trinajstić information content (AvgIpc) is 2.48. The predicted octanol–water partition coefficient (Wildman–Crippen LogP) is 2.53. The van der Waals surface area contributed by atoms with Crippen LogP contribution in [0.4, 0.5) is 5.82 Å². The fraction of sp³-hybridized carbons (Fsp3) is 0.500. The Kier molecular flexibility index (Phi) is 4.80. The second-order valence-electron chi connectivity index (χ2n) is 4.73. The molecule has 1 fully saturated rings. The number of methoxy groups -OCH3 is 1. The lowest BCUT2D eigenvalue weighted by Crippen LogP contribution is -2.41. The number of pyridine rings is 1. The monoisotopic (exact) mass is 293 g/mol. The lowest BCUT2D eigenvalue weighted by atomic mass is 9.99. The number of ether oxygens (including phenoxy) is 1. The van der Waals surface area contributed by atoms with Crippen molar-refractivity contribution < 1.29 is 9.53 Å². The van der Waals surface area contributed by atoms with E-state index in [0.717, 1.165) is 25.8 Å². The molecule has 106 valence electrons. The molecule has 1 saturated heterocycles. The molecular weight excluding hydrogens is 278 g/mol. The topological polar surface area (TPSA) is 66.2 Å². The second kappa shape index (κ2) is 6.58. The summed E-state index contributed by atoms with van der Waals surface area (Å²) in [7, 11) is 1.39. The van der Waals surface area contributed by atoms with Crippen LogP contribution in [0.2, 0.25) is 5.02 Å². The van der Waals surface area contributed by atoms with Gasteiger partial charge in [0.15, 0.2) is 0 Å². The van der Waals surface area contributed by atoms with Gasteiger partial charge < -0.3 is 9.64 Å². The first-order valence-electron chi connectivity index (χ1n) is 6.55. The first-order chi connectivity index (χ1) is 9.67. The Balaban J connectivity index is 2.28. The Morgan fingerprint density at radius 2 is 2.45 bits per heavy atom. The summed E-state index contributed by atoms with van der Waals surface area (Å²) in [5, 5.41) is 9.39. The third kappa shape index (κ3) is 3.02. The smallest absolute Gasteiger partial charge is 0.307 e. The number of nitrogens with zero attached hydrogens (tertiary/aromatic N) is 3. The number of rotatable bonds is 3. The summed E-state index contributed by atoms with van der Waals surface area (Å²) in [6, 6.07) is 3.66. The van der Waals surface area contributed by atoms with E-state index in [9.17, 15) is 4.79 Å². The lowest BCUT2D eigenvalue weighted by molar-refractivity contribution is -0.141. The number of piperidine rings is 1. The molecule has 0 N–H and O–H groups in total. The van der Waals surface area contributed by atoms with Gasteiger partial charge in [-0.05, 0) is 25.3 Å². The first kappa shape index (κ1) is 14.6. The van der Waals surface area contributed by atoms with Crippen LogP contribution in [0.15, 0.2) is 12.3 Å². The van der Waals surface area contributed by atoms with E-state index in [0.29, 0.717) is 22.8 Å². The lowest BCUT2D eigenvalue weighted by Gasteiger charge is -2.36. The van der Waals surface area contributed by atoms with E-state index < -0.39 is 0 Å². The third-order valence-electron chi connectivity index (χ3n) is 3.52. The van der Waals surface area contributed by atoms with Gasteiger partial charge in [-0.25, -0.2) is 4.98 Å². The van der Waals surface area contributed by atoms with E-state index in [1.165, 1.54) is 7.11 Å². The SMILES string of the molecule is COC(=O)CC1CCCCN1c1nccc(C#N)c1Cl. The zero-order chi connectivity index (χ0) is 14.5. The molecule has 0 amide bonds. The summed E-state index contributed by atoms with van der Waals surface area (Å²) in [4.78, 5) is 17.8. The predicted molar refractivity (Wildman–Crippen MR) is 75.6 cm³/mol. The van der Waals surface area contributed by atoms with Crippen LogP contribution in [-0.2, 0) is 9.53 Å². The molecule has 1 aromatic heterocycles. The largest absolute Gasteiger partial charge is 0.469 e. The minimum atomic E-state index is -0.241. The number of hydrogen-bond donors (Lipinski definition) is 0. The quantitative estimate of drug-likeness (QED) is 0.801. The van der Waals surface area contributed by atoms with E-state index in [4.69, 9.17) is 21.6 Å². The number of carbonyl (C=O) groups is 1. The van der Waals surface area contributed by atoms with Gasteiger partial charge in [0.2, 0.25) is 0 Å². The Hall–Kier alpha value is -1.80. The molecule has 0 radical (unpaired) electrons. The van der Waals surface area contributed by atoms with Crippen LogP contribution in [0.3, 0.4) is 0 Å². The van der Waals surface area contributed by atoms with Gasteiger partial charge in [-0.2, -0.15) is 5.26 Å². The van der Waals surface area contributed by atoms with Crippen LogP contribution in [0.5, 0.6) is 0 Å². The zero-order valence-corrected chi connectivity index (χ0v) is 12.1. The normalized spacial score (nSPS) is 18.4. The highest BCUT2D eigenvalue weighted by atomic mass is 35.5. The molecular formula is C14H16ClN3O2. The summed E-state index contributed by atoms with van der Waals surface area (Å²) in [5.41, 5.74) is 0.402. The van der Waals surface area contributed by atoms with Gasteiger partial charge >= 0.3 is 5.97 Å². The average molecular weight is 294 g/mol. The molecule has 0 saturated carbocycles. The van der Waals surface area contributed by atoms with E-state index in [1.807, 2.05) is 4.90 Å². The van der Waals surface area contributed by atoms with Crippen LogP contribution in [0.1, 0.15) is 31.2 Å². The first-order valence-corrected chi connectivity index (χ1v) is 6.93. The third-order valence-corrected chi connectivity index (χ3v) is 3.89. The summed E-state index contributed by atoms with van der Waals surface area (Å²) < 4.78 is 4.74. The minimum Gasteiger partial charge on any atom is -0.469 e. The van der Waals surface area contributed by atoms with Gasteiger partial charge in [0.05, 0.1) is 19.1 Å². The number of aromatic nitrogens is 1.